The lowest BCUT2D eigenvalue weighted by Crippen LogP contribution is -1.90. The highest BCUT2D eigenvalue weighted by Gasteiger charge is 2.06. The molecule has 0 fully saturated rings. The minimum absolute atomic E-state index is 0.205. The number of benzene rings is 1. The Kier molecular flexibility index (Phi) is 2.90. The monoisotopic (exact) mass is 236 g/mol. The van der Waals surface area contributed by atoms with Gasteiger partial charge in [-0.05, 0) is 24.6 Å². The van der Waals surface area contributed by atoms with E-state index in [1.54, 1.807) is 6.07 Å². The van der Waals surface area contributed by atoms with Crippen LogP contribution in [0.4, 0.5) is 4.39 Å². The lowest BCUT2D eigenvalue weighted by molar-refractivity contribution is 0.616. The molecule has 0 saturated heterocycles. The molecule has 0 atom stereocenters. The molecule has 0 nitrogen and oxygen atoms in total. The van der Waals surface area contributed by atoms with E-state index < -0.39 is 0 Å². The average Bonchev–Trinajstić information content (AvgIpc) is 1.99. The van der Waals surface area contributed by atoms with Gasteiger partial charge >= 0.3 is 0 Å². The number of hydrogen-bond donors (Lipinski definition) is 0. The zero-order valence-electron chi connectivity index (χ0n) is 6.00. The van der Waals surface area contributed by atoms with E-state index in [1.807, 2.05) is 6.92 Å². The molecule has 0 saturated carbocycles. The van der Waals surface area contributed by atoms with E-state index in [9.17, 15) is 4.39 Å². The van der Waals surface area contributed by atoms with Crippen molar-refractivity contribution in [3.63, 3.8) is 0 Å². The van der Waals surface area contributed by atoms with Crippen molar-refractivity contribution in [2.75, 3.05) is 0 Å². The second-order valence-electron chi connectivity index (χ2n) is 2.27. The first-order chi connectivity index (χ1) is 5.16. The summed E-state index contributed by atoms with van der Waals surface area (Å²) in [5.41, 5.74) is 1.45. The zero-order valence-corrected chi connectivity index (χ0v) is 8.34. The van der Waals surface area contributed by atoms with Crippen molar-refractivity contribution < 1.29 is 4.39 Å². The van der Waals surface area contributed by atoms with Crippen molar-refractivity contribution in [3.05, 3.63) is 34.1 Å². The van der Waals surface area contributed by atoms with Crippen molar-refractivity contribution in [3.8, 4) is 0 Å². The molecule has 3 heteroatoms. The minimum Gasteiger partial charge on any atom is -0.207 e. The van der Waals surface area contributed by atoms with Crippen molar-refractivity contribution in [1.82, 2.24) is 0 Å². The molecule has 0 aliphatic heterocycles. The average molecular weight is 237 g/mol. The van der Waals surface area contributed by atoms with Crippen molar-refractivity contribution in [1.29, 1.82) is 0 Å². The van der Waals surface area contributed by atoms with Crippen molar-refractivity contribution in [2.45, 2.75) is 12.3 Å². The fourth-order valence-electron chi connectivity index (χ4n) is 0.859. The Morgan fingerprint density at radius 3 is 2.64 bits per heavy atom. The van der Waals surface area contributed by atoms with Crippen LogP contribution in [-0.4, -0.2) is 0 Å². The topological polar surface area (TPSA) is 0 Å². The van der Waals surface area contributed by atoms with Gasteiger partial charge in [-0.1, -0.05) is 27.5 Å². The molecule has 0 bridgehead atoms. The summed E-state index contributed by atoms with van der Waals surface area (Å²) in [5.74, 6) is -0.205. The first kappa shape index (κ1) is 9.01. The van der Waals surface area contributed by atoms with E-state index in [0.717, 1.165) is 5.56 Å². The fraction of sp³-hybridized carbons (Fsp3) is 0.250. The third kappa shape index (κ3) is 1.74. The normalized spacial score (nSPS) is 10.2. The third-order valence-corrected chi connectivity index (χ3v) is 2.58. The van der Waals surface area contributed by atoms with Crippen LogP contribution in [0.1, 0.15) is 11.1 Å². The molecule has 1 aromatic rings. The standard InChI is InChI=1S/C8H7BrClF/c1-5-6(4-9)8(11)3-2-7(5)10/h2-3H,4H2,1H3. The highest BCUT2D eigenvalue weighted by molar-refractivity contribution is 9.08. The first-order valence-electron chi connectivity index (χ1n) is 3.16. The molecular formula is C8H7BrClF. The second-order valence-corrected chi connectivity index (χ2v) is 3.23. The van der Waals surface area contributed by atoms with E-state index in [1.165, 1.54) is 6.07 Å². The Morgan fingerprint density at radius 2 is 2.18 bits per heavy atom. The number of alkyl halides is 1. The van der Waals surface area contributed by atoms with Crippen LogP contribution in [0.2, 0.25) is 5.02 Å². The van der Waals surface area contributed by atoms with Gasteiger partial charge in [-0.15, -0.1) is 0 Å². The maximum atomic E-state index is 12.9. The smallest absolute Gasteiger partial charge is 0.127 e. The van der Waals surface area contributed by atoms with Gasteiger partial charge in [-0.25, -0.2) is 4.39 Å². The van der Waals surface area contributed by atoms with Gasteiger partial charge in [0.05, 0.1) is 0 Å². The molecule has 0 heterocycles. The summed E-state index contributed by atoms with van der Waals surface area (Å²) < 4.78 is 12.9. The molecule has 0 amide bonds. The SMILES string of the molecule is Cc1c(Cl)ccc(F)c1CBr. The van der Waals surface area contributed by atoms with Crippen LogP contribution in [0.15, 0.2) is 12.1 Å². The summed E-state index contributed by atoms with van der Waals surface area (Å²) in [4.78, 5) is 0. The summed E-state index contributed by atoms with van der Waals surface area (Å²) >= 11 is 8.97. The molecule has 0 aliphatic rings. The molecule has 1 aromatic carbocycles. The second kappa shape index (κ2) is 3.55. The van der Waals surface area contributed by atoms with Crippen LogP contribution in [0.5, 0.6) is 0 Å². The molecule has 0 N–H and O–H groups in total. The summed E-state index contributed by atoms with van der Waals surface area (Å²) in [6, 6.07) is 2.95. The lowest BCUT2D eigenvalue weighted by atomic mass is 10.1. The molecule has 0 aliphatic carbocycles. The minimum atomic E-state index is -0.205. The summed E-state index contributed by atoms with van der Waals surface area (Å²) in [6.45, 7) is 1.81. The van der Waals surface area contributed by atoms with E-state index in [2.05, 4.69) is 15.9 Å². The van der Waals surface area contributed by atoms with Crippen LogP contribution in [0.3, 0.4) is 0 Å². The van der Waals surface area contributed by atoms with E-state index >= 15 is 0 Å². The van der Waals surface area contributed by atoms with E-state index in [4.69, 9.17) is 11.6 Å². The molecule has 60 valence electrons. The van der Waals surface area contributed by atoms with Gasteiger partial charge < -0.3 is 0 Å². The van der Waals surface area contributed by atoms with Gasteiger partial charge in [0.1, 0.15) is 5.82 Å². The van der Waals surface area contributed by atoms with Crippen molar-refractivity contribution >= 4 is 27.5 Å². The Morgan fingerprint density at radius 1 is 1.55 bits per heavy atom. The van der Waals surface area contributed by atoms with E-state index in [0.29, 0.717) is 15.9 Å². The number of rotatable bonds is 1. The van der Waals surface area contributed by atoms with Gasteiger partial charge in [0.15, 0.2) is 0 Å². The van der Waals surface area contributed by atoms with Crippen molar-refractivity contribution in [2.24, 2.45) is 0 Å². The fourth-order valence-corrected chi connectivity index (χ4v) is 1.72. The van der Waals surface area contributed by atoms with Gasteiger partial charge in [0, 0.05) is 15.9 Å². The Bertz CT molecular complexity index is 273. The molecular weight excluding hydrogens is 230 g/mol. The van der Waals surface area contributed by atoms with Gasteiger partial charge in [0.2, 0.25) is 0 Å². The summed E-state index contributed by atoms with van der Waals surface area (Å²) in [6.07, 6.45) is 0. The predicted molar refractivity (Wildman–Crippen MR) is 48.8 cm³/mol. The highest BCUT2D eigenvalue weighted by atomic mass is 79.9. The van der Waals surface area contributed by atoms with Crippen LogP contribution >= 0.6 is 27.5 Å². The maximum Gasteiger partial charge on any atom is 0.127 e. The number of hydrogen-bond acceptors (Lipinski definition) is 0. The number of halogens is 3. The molecule has 0 unspecified atom stereocenters. The van der Waals surface area contributed by atoms with Gasteiger partial charge in [0.25, 0.3) is 0 Å². The molecule has 1 rings (SSSR count). The largest absolute Gasteiger partial charge is 0.207 e. The maximum absolute atomic E-state index is 12.9. The Hall–Kier alpha value is -0.0800. The van der Waals surface area contributed by atoms with Crippen LogP contribution in [0, 0.1) is 12.7 Å². The molecule has 11 heavy (non-hydrogen) atoms. The van der Waals surface area contributed by atoms with Crippen LogP contribution in [-0.2, 0) is 5.33 Å². The van der Waals surface area contributed by atoms with E-state index in [-0.39, 0.29) is 5.82 Å². The highest BCUT2D eigenvalue weighted by Crippen LogP contribution is 2.23. The van der Waals surface area contributed by atoms with Gasteiger partial charge in [-0.2, -0.15) is 0 Å². The molecule has 0 spiro atoms. The summed E-state index contributed by atoms with van der Waals surface area (Å²) in [7, 11) is 0. The lowest BCUT2D eigenvalue weighted by Gasteiger charge is -2.04. The Balaban J connectivity index is 3.29. The quantitative estimate of drug-likeness (QED) is 0.654. The zero-order chi connectivity index (χ0) is 8.43. The first-order valence-corrected chi connectivity index (χ1v) is 4.66. The van der Waals surface area contributed by atoms with Gasteiger partial charge in [-0.3, -0.25) is 0 Å². The van der Waals surface area contributed by atoms with Crippen LogP contribution < -0.4 is 0 Å². The van der Waals surface area contributed by atoms with Crippen LogP contribution in [0.25, 0.3) is 0 Å². The molecule has 0 radical (unpaired) electrons. The molecule has 0 aromatic heterocycles. The third-order valence-electron chi connectivity index (χ3n) is 1.61. The Labute approximate surface area is 78.5 Å². The summed E-state index contributed by atoms with van der Waals surface area (Å²) in [5, 5.41) is 1.12. The predicted octanol–water partition coefficient (Wildman–Crippen LogP) is 3.68.